The van der Waals surface area contributed by atoms with Crippen molar-refractivity contribution >= 4 is 5.97 Å². The lowest BCUT2D eigenvalue weighted by Gasteiger charge is -2.33. The summed E-state index contributed by atoms with van der Waals surface area (Å²) in [4.78, 5) is 10.8. The van der Waals surface area contributed by atoms with Crippen LogP contribution in [0.15, 0.2) is 12.2 Å². The van der Waals surface area contributed by atoms with E-state index in [9.17, 15) is 4.79 Å². The zero-order chi connectivity index (χ0) is 8.48. The first-order valence-electron chi connectivity index (χ1n) is 3.97. The predicted molar refractivity (Wildman–Crippen MR) is 43.1 cm³/mol. The first-order valence-corrected chi connectivity index (χ1v) is 3.97. The molecule has 0 aromatic heterocycles. The maximum Gasteiger partial charge on any atom is 0.330 e. The molecule has 62 valence electrons. The molecule has 1 rings (SSSR count). The van der Waals surface area contributed by atoms with Gasteiger partial charge in [0.25, 0.3) is 0 Å². The van der Waals surface area contributed by atoms with Gasteiger partial charge >= 0.3 is 5.97 Å². The van der Waals surface area contributed by atoms with Crippen LogP contribution < -0.4 is 0 Å². The van der Waals surface area contributed by atoms with Gasteiger partial charge in [-0.2, -0.15) is 0 Å². The van der Waals surface area contributed by atoms with Crippen LogP contribution in [0.3, 0.4) is 0 Å². The van der Waals surface area contributed by atoms with Crippen LogP contribution in [0.2, 0.25) is 0 Å². The molecule has 0 spiro atoms. The third kappa shape index (κ3) is 1.62. The molecule has 0 saturated heterocycles. The van der Waals surface area contributed by atoms with Crippen LogP contribution in [0.25, 0.3) is 0 Å². The Balaban J connectivity index is 2.80. The molecule has 1 aliphatic heterocycles. The number of cyclic esters (lactones) is 1. The Hall–Kier alpha value is -0.790. The summed E-state index contributed by atoms with van der Waals surface area (Å²) < 4.78 is 5.15. The van der Waals surface area contributed by atoms with Crippen molar-refractivity contribution in [1.82, 2.24) is 0 Å². The summed E-state index contributed by atoms with van der Waals surface area (Å²) in [5.41, 5.74) is -0.319. The van der Waals surface area contributed by atoms with E-state index in [0.717, 1.165) is 6.42 Å². The Morgan fingerprint density at radius 1 is 1.64 bits per heavy atom. The van der Waals surface area contributed by atoms with E-state index in [1.54, 1.807) is 0 Å². The molecule has 0 unspecified atom stereocenters. The summed E-state index contributed by atoms with van der Waals surface area (Å²) in [7, 11) is 0. The molecule has 0 fully saturated rings. The van der Waals surface area contributed by atoms with E-state index in [-0.39, 0.29) is 11.6 Å². The second-order valence-electron chi connectivity index (χ2n) is 3.40. The molecule has 1 aliphatic rings. The molecule has 0 aromatic rings. The number of ether oxygens (including phenoxy) is 1. The van der Waals surface area contributed by atoms with Crippen LogP contribution in [-0.4, -0.2) is 11.6 Å². The molecule has 0 amide bonds. The normalized spacial score (nSPS) is 28.3. The number of rotatable bonds is 1. The lowest BCUT2D eigenvalue weighted by atomic mass is 9.87. The Bertz CT molecular complexity index is 192. The highest BCUT2D eigenvalue weighted by Gasteiger charge is 2.32. The minimum Gasteiger partial charge on any atom is -0.456 e. The quantitative estimate of drug-likeness (QED) is 0.539. The monoisotopic (exact) mass is 154 g/mol. The van der Waals surface area contributed by atoms with Gasteiger partial charge in [0.2, 0.25) is 0 Å². The number of esters is 1. The van der Waals surface area contributed by atoms with Gasteiger partial charge in [0, 0.05) is 12.0 Å². The van der Waals surface area contributed by atoms with Gasteiger partial charge in [-0.3, -0.25) is 0 Å². The molecule has 0 radical (unpaired) electrons. The summed E-state index contributed by atoms with van der Waals surface area (Å²) in [6.45, 7) is 5.99. The van der Waals surface area contributed by atoms with E-state index in [1.807, 2.05) is 19.9 Å². The Labute approximate surface area is 67.2 Å². The second kappa shape index (κ2) is 2.68. The van der Waals surface area contributed by atoms with Gasteiger partial charge in [-0.1, -0.05) is 13.0 Å². The Kier molecular flexibility index (Phi) is 2.03. The molecule has 0 aromatic carbocycles. The first-order chi connectivity index (χ1) is 5.06. The topological polar surface area (TPSA) is 26.3 Å². The van der Waals surface area contributed by atoms with Crippen LogP contribution in [0.1, 0.15) is 27.2 Å². The maximum absolute atomic E-state index is 10.8. The second-order valence-corrected chi connectivity index (χ2v) is 3.40. The molecule has 0 bridgehead atoms. The third-order valence-corrected chi connectivity index (χ3v) is 2.16. The van der Waals surface area contributed by atoms with Crippen LogP contribution in [-0.2, 0) is 9.53 Å². The third-order valence-electron chi connectivity index (χ3n) is 2.16. The number of carbonyl (C=O) groups is 1. The Morgan fingerprint density at radius 2 is 2.27 bits per heavy atom. The zero-order valence-electron chi connectivity index (χ0n) is 7.26. The molecular formula is C9H14O2. The zero-order valence-corrected chi connectivity index (χ0v) is 7.26. The smallest absolute Gasteiger partial charge is 0.330 e. The van der Waals surface area contributed by atoms with E-state index in [1.165, 1.54) is 6.08 Å². The van der Waals surface area contributed by atoms with E-state index in [0.29, 0.717) is 5.92 Å². The minimum atomic E-state index is -0.319. The Morgan fingerprint density at radius 3 is 2.73 bits per heavy atom. The fourth-order valence-electron chi connectivity index (χ4n) is 1.42. The van der Waals surface area contributed by atoms with Crippen molar-refractivity contribution in [2.75, 3.05) is 0 Å². The molecule has 11 heavy (non-hydrogen) atoms. The maximum atomic E-state index is 10.8. The number of hydrogen-bond acceptors (Lipinski definition) is 2. The van der Waals surface area contributed by atoms with Crippen molar-refractivity contribution < 1.29 is 9.53 Å². The van der Waals surface area contributed by atoms with E-state index in [4.69, 9.17) is 4.74 Å². The molecule has 2 heteroatoms. The first kappa shape index (κ1) is 8.31. The van der Waals surface area contributed by atoms with Crippen molar-refractivity contribution in [3.63, 3.8) is 0 Å². The van der Waals surface area contributed by atoms with Crippen LogP contribution in [0.5, 0.6) is 0 Å². The molecule has 1 atom stereocenters. The molecule has 1 heterocycles. The summed E-state index contributed by atoms with van der Waals surface area (Å²) in [6.07, 6.45) is 4.46. The lowest BCUT2D eigenvalue weighted by Crippen LogP contribution is -2.37. The van der Waals surface area contributed by atoms with Crippen molar-refractivity contribution in [2.45, 2.75) is 32.8 Å². The lowest BCUT2D eigenvalue weighted by molar-refractivity contribution is -0.156. The summed E-state index contributed by atoms with van der Waals surface area (Å²) in [5, 5.41) is 0. The number of carbonyl (C=O) groups excluding carboxylic acids is 1. The highest BCUT2D eigenvalue weighted by atomic mass is 16.6. The van der Waals surface area contributed by atoms with E-state index < -0.39 is 0 Å². The van der Waals surface area contributed by atoms with Crippen molar-refractivity contribution in [2.24, 2.45) is 5.92 Å². The number of hydrogen-bond donors (Lipinski definition) is 0. The van der Waals surface area contributed by atoms with Gasteiger partial charge < -0.3 is 4.74 Å². The minimum absolute atomic E-state index is 0.222. The van der Waals surface area contributed by atoms with Crippen LogP contribution >= 0.6 is 0 Å². The standard InChI is InChI=1S/C9H14O2/c1-4-7-5-6-8(10)11-9(7,2)3/h5-7H,4H2,1-3H3/t7-/m1/s1. The summed E-state index contributed by atoms with van der Waals surface area (Å²) in [6, 6.07) is 0. The fourth-order valence-corrected chi connectivity index (χ4v) is 1.42. The largest absolute Gasteiger partial charge is 0.456 e. The predicted octanol–water partition coefficient (Wildman–Crippen LogP) is 1.90. The van der Waals surface area contributed by atoms with Gasteiger partial charge in [0.05, 0.1) is 0 Å². The molecule has 0 N–H and O–H groups in total. The van der Waals surface area contributed by atoms with Crippen LogP contribution in [0, 0.1) is 5.92 Å². The van der Waals surface area contributed by atoms with Crippen molar-refractivity contribution in [1.29, 1.82) is 0 Å². The SMILES string of the molecule is CC[C@@H]1C=CC(=O)OC1(C)C. The van der Waals surface area contributed by atoms with E-state index in [2.05, 4.69) is 6.92 Å². The summed E-state index contributed by atoms with van der Waals surface area (Å²) in [5.74, 6) is 0.139. The van der Waals surface area contributed by atoms with Crippen molar-refractivity contribution in [3.8, 4) is 0 Å². The van der Waals surface area contributed by atoms with E-state index >= 15 is 0 Å². The highest BCUT2D eigenvalue weighted by molar-refractivity contribution is 5.83. The van der Waals surface area contributed by atoms with Gasteiger partial charge in [-0.05, 0) is 20.3 Å². The van der Waals surface area contributed by atoms with Crippen molar-refractivity contribution in [3.05, 3.63) is 12.2 Å². The molecule has 2 nitrogen and oxygen atoms in total. The molecule has 0 saturated carbocycles. The molecular weight excluding hydrogens is 140 g/mol. The van der Waals surface area contributed by atoms with Gasteiger partial charge in [0.15, 0.2) is 0 Å². The van der Waals surface area contributed by atoms with Gasteiger partial charge in [0.1, 0.15) is 5.60 Å². The van der Waals surface area contributed by atoms with Gasteiger partial charge in [-0.25, -0.2) is 4.79 Å². The average molecular weight is 154 g/mol. The highest BCUT2D eigenvalue weighted by Crippen LogP contribution is 2.28. The summed E-state index contributed by atoms with van der Waals surface area (Å²) >= 11 is 0. The fraction of sp³-hybridized carbons (Fsp3) is 0.667. The molecule has 0 aliphatic carbocycles. The van der Waals surface area contributed by atoms with Crippen LogP contribution in [0.4, 0.5) is 0 Å². The van der Waals surface area contributed by atoms with Gasteiger partial charge in [-0.15, -0.1) is 0 Å². The average Bonchev–Trinajstić information content (AvgIpc) is 1.85.